The largest absolute Gasteiger partial charge is 0.532 e. The van der Waals surface area contributed by atoms with Crippen molar-refractivity contribution in [2.75, 3.05) is 13.6 Å². The van der Waals surface area contributed by atoms with Gasteiger partial charge in [0.15, 0.2) is 5.78 Å². The highest BCUT2D eigenvalue weighted by Gasteiger charge is 2.54. The van der Waals surface area contributed by atoms with Crippen molar-refractivity contribution >= 4 is 18.6 Å². The van der Waals surface area contributed by atoms with Crippen molar-refractivity contribution in [3.8, 4) is 0 Å². The average Bonchev–Trinajstić information content (AvgIpc) is 2.84. The summed E-state index contributed by atoms with van der Waals surface area (Å²) in [5, 5.41) is 0. The molecule has 3 rings (SSSR count). The van der Waals surface area contributed by atoms with Crippen LogP contribution in [0.5, 0.6) is 0 Å². The van der Waals surface area contributed by atoms with Crippen LogP contribution in [0.3, 0.4) is 0 Å². The Morgan fingerprint density at radius 3 is 2.32 bits per heavy atom. The number of nitrogens with zero attached hydrogens (tertiary/aromatic N) is 3. The van der Waals surface area contributed by atoms with E-state index >= 15 is 0 Å². The second kappa shape index (κ2) is 4.91. The Labute approximate surface area is 131 Å². The van der Waals surface area contributed by atoms with Crippen molar-refractivity contribution in [2.45, 2.75) is 58.9 Å². The summed E-state index contributed by atoms with van der Waals surface area (Å²) in [7, 11) is 1.52. The minimum atomic E-state index is -0.528. The summed E-state index contributed by atoms with van der Waals surface area (Å²) in [6.07, 6.45) is 0. The van der Waals surface area contributed by atoms with Crippen LogP contribution >= 0.6 is 0 Å². The number of aromatic nitrogens is 2. The standard InChI is InChI=1S/C15H24BN3O3/c1-10(20)12-11-9-18(6)7-8-19(11)13(17-12)16-21-14(2,3)15(4,5)22-16/h7-9H2,1-6H3. The summed E-state index contributed by atoms with van der Waals surface area (Å²) in [6.45, 7) is 12.1. The number of carbonyl (C=O) groups is 1. The number of carbonyl (C=O) groups excluding carboxylic acids is 1. The predicted molar refractivity (Wildman–Crippen MR) is 84.3 cm³/mol. The summed E-state index contributed by atoms with van der Waals surface area (Å²) >= 11 is 0. The highest BCUT2D eigenvalue weighted by molar-refractivity contribution is 6.60. The van der Waals surface area contributed by atoms with Gasteiger partial charge in [-0.2, -0.15) is 0 Å². The number of likely N-dealkylation sites (N-methyl/N-ethyl adjacent to an activating group) is 1. The van der Waals surface area contributed by atoms with Gasteiger partial charge in [-0.1, -0.05) is 0 Å². The molecule has 6 nitrogen and oxygen atoms in total. The molecule has 1 fully saturated rings. The molecule has 0 spiro atoms. The Morgan fingerprint density at radius 2 is 1.77 bits per heavy atom. The summed E-state index contributed by atoms with van der Waals surface area (Å²) in [5.74, 6) is -0.0122. The zero-order chi connectivity index (χ0) is 16.3. The van der Waals surface area contributed by atoms with Crippen LogP contribution in [0, 0.1) is 0 Å². The lowest BCUT2D eigenvalue weighted by molar-refractivity contribution is 0.00578. The molecule has 2 aliphatic heterocycles. The molecule has 0 N–H and O–H groups in total. The topological polar surface area (TPSA) is 56.6 Å². The third kappa shape index (κ3) is 2.32. The fourth-order valence-corrected chi connectivity index (χ4v) is 2.93. The van der Waals surface area contributed by atoms with E-state index in [1.807, 2.05) is 27.7 Å². The minimum absolute atomic E-state index is 0.0122. The van der Waals surface area contributed by atoms with Crippen molar-refractivity contribution in [2.24, 2.45) is 0 Å². The first kappa shape index (κ1) is 15.7. The highest BCUT2D eigenvalue weighted by Crippen LogP contribution is 2.36. The Hall–Kier alpha value is -1.18. The van der Waals surface area contributed by atoms with Gasteiger partial charge in [-0.15, -0.1) is 0 Å². The second-order valence-electron chi connectivity index (χ2n) is 7.30. The van der Waals surface area contributed by atoms with Crippen LogP contribution < -0.4 is 5.72 Å². The van der Waals surface area contributed by atoms with Crippen molar-refractivity contribution in [1.29, 1.82) is 0 Å². The third-order valence-electron chi connectivity index (χ3n) is 5.02. The van der Waals surface area contributed by atoms with Crippen LogP contribution in [-0.4, -0.2) is 52.1 Å². The maximum atomic E-state index is 11.9. The molecule has 0 amide bonds. The number of hydrogen-bond donors (Lipinski definition) is 0. The highest BCUT2D eigenvalue weighted by atomic mass is 16.7. The van der Waals surface area contributed by atoms with Crippen molar-refractivity contribution in [3.63, 3.8) is 0 Å². The first-order chi connectivity index (χ1) is 10.1. The fourth-order valence-electron chi connectivity index (χ4n) is 2.93. The van der Waals surface area contributed by atoms with Gasteiger partial charge in [0.1, 0.15) is 11.4 Å². The van der Waals surface area contributed by atoms with E-state index in [0.717, 1.165) is 25.3 Å². The van der Waals surface area contributed by atoms with Gasteiger partial charge in [0.2, 0.25) is 0 Å². The second-order valence-corrected chi connectivity index (χ2v) is 7.30. The zero-order valence-corrected chi connectivity index (χ0v) is 14.3. The summed E-state index contributed by atoms with van der Waals surface area (Å²) in [5.41, 5.74) is 1.40. The predicted octanol–water partition coefficient (Wildman–Crippen LogP) is 0.830. The van der Waals surface area contributed by atoms with E-state index in [-0.39, 0.29) is 5.78 Å². The molecule has 1 saturated heterocycles. The van der Waals surface area contributed by atoms with Crippen LogP contribution in [0.1, 0.15) is 50.8 Å². The van der Waals surface area contributed by atoms with Crippen LogP contribution in [0.25, 0.3) is 0 Å². The van der Waals surface area contributed by atoms with Gasteiger partial charge in [0.25, 0.3) is 0 Å². The van der Waals surface area contributed by atoms with E-state index < -0.39 is 18.3 Å². The zero-order valence-electron chi connectivity index (χ0n) is 14.3. The van der Waals surface area contributed by atoms with Crippen LogP contribution in [0.15, 0.2) is 0 Å². The molecule has 1 aromatic rings. The quantitative estimate of drug-likeness (QED) is 0.598. The molecule has 2 aliphatic rings. The van der Waals surface area contributed by atoms with Crippen LogP contribution in [0.2, 0.25) is 0 Å². The summed E-state index contributed by atoms with van der Waals surface area (Å²) < 4.78 is 14.3. The molecule has 0 aromatic carbocycles. The lowest BCUT2D eigenvalue weighted by Gasteiger charge is -2.32. The van der Waals surface area contributed by atoms with E-state index in [0.29, 0.717) is 11.4 Å². The lowest BCUT2D eigenvalue weighted by atomic mass is 9.88. The maximum Gasteiger partial charge on any atom is 0.532 e. The van der Waals surface area contributed by atoms with E-state index in [9.17, 15) is 4.79 Å². The molecule has 1 aromatic heterocycles. The summed E-state index contributed by atoms with van der Waals surface area (Å²) in [4.78, 5) is 18.7. The molecule has 0 unspecified atom stereocenters. The summed E-state index contributed by atoms with van der Waals surface area (Å²) in [6, 6.07) is 0. The maximum absolute atomic E-state index is 11.9. The molecule has 0 saturated carbocycles. The Balaban J connectivity index is 2.03. The molecule has 0 aliphatic carbocycles. The average molecular weight is 305 g/mol. The number of imidazole rings is 1. The molecule has 0 bridgehead atoms. The molecule has 3 heterocycles. The fraction of sp³-hybridized carbons (Fsp3) is 0.733. The van der Waals surface area contributed by atoms with E-state index in [1.165, 1.54) is 0 Å². The number of Topliss-reactive ketones (excluding diaryl/α,β-unsaturated/α-hetero) is 1. The normalized spacial score (nSPS) is 23.6. The van der Waals surface area contributed by atoms with Crippen molar-refractivity contribution in [3.05, 3.63) is 11.4 Å². The molecule has 0 radical (unpaired) electrons. The van der Waals surface area contributed by atoms with Gasteiger partial charge >= 0.3 is 7.12 Å². The van der Waals surface area contributed by atoms with Gasteiger partial charge in [-0.25, -0.2) is 4.98 Å². The molecular formula is C15H24BN3O3. The third-order valence-corrected chi connectivity index (χ3v) is 5.02. The minimum Gasteiger partial charge on any atom is -0.397 e. The number of ketones is 1. The SMILES string of the molecule is CC(=O)c1nc(B2OC(C)(C)C(C)(C)O2)n2c1CN(C)CC2. The Kier molecular flexibility index (Phi) is 3.51. The van der Waals surface area contributed by atoms with Gasteiger partial charge in [0.05, 0.1) is 16.9 Å². The molecule has 120 valence electrons. The number of fused-ring (bicyclic) bond motifs is 1. The smallest absolute Gasteiger partial charge is 0.397 e. The van der Waals surface area contributed by atoms with E-state index in [4.69, 9.17) is 9.31 Å². The molecule has 7 heteroatoms. The molecule has 22 heavy (non-hydrogen) atoms. The van der Waals surface area contributed by atoms with E-state index in [1.54, 1.807) is 6.92 Å². The van der Waals surface area contributed by atoms with Crippen molar-refractivity contribution in [1.82, 2.24) is 14.5 Å². The van der Waals surface area contributed by atoms with Gasteiger partial charge in [-0.05, 0) is 34.7 Å². The monoisotopic (exact) mass is 305 g/mol. The van der Waals surface area contributed by atoms with Gasteiger partial charge in [-0.3, -0.25) is 9.69 Å². The first-order valence-corrected chi connectivity index (χ1v) is 7.77. The van der Waals surface area contributed by atoms with Crippen LogP contribution in [0.4, 0.5) is 0 Å². The lowest BCUT2D eigenvalue weighted by Crippen LogP contribution is -2.44. The van der Waals surface area contributed by atoms with Crippen molar-refractivity contribution < 1.29 is 14.1 Å². The van der Waals surface area contributed by atoms with Crippen LogP contribution in [-0.2, 0) is 22.4 Å². The Morgan fingerprint density at radius 1 is 1.18 bits per heavy atom. The van der Waals surface area contributed by atoms with Gasteiger partial charge in [0, 0.05) is 26.6 Å². The first-order valence-electron chi connectivity index (χ1n) is 7.77. The Bertz CT molecular complexity index is 608. The van der Waals surface area contributed by atoms with Gasteiger partial charge < -0.3 is 13.9 Å². The molecule has 0 atom stereocenters. The number of rotatable bonds is 2. The molecular weight excluding hydrogens is 281 g/mol. The van der Waals surface area contributed by atoms with E-state index in [2.05, 4.69) is 21.5 Å². The number of hydrogen-bond acceptors (Lipinski definition) is 5.